The molecule has 166 valence electrons. The molecule has 1 saturated heterocycles. The molecule has 9 heteroatoms. The van der Waals surface area contributed by atoms with E-state index in [0.29, 0.717) is 31.6 Å². The van der Waals surface area contributed by atoms with E-state index in [1.165, 1.54) is 17.0 Å². The number of hydrogen-bond acceptors (Lipinski definition) is 5. The number of aromatic nitrogens is 3. The molecule has 0 bridgehead atoms. The van der Waals surface area contributed by atoms with Crippen molar-refractivity contribution in [3.8, 4) is 5.75 Å². The Morgan fingerprint density at radius 1 is 1.16 bits per heavy atom. The van der Waals surface area contributed by atoms with Crippen molar-refractivity contribution >= 4 is 11.8 Å². The summed E-state index contributed by atoms with van der Waals surface area (Å²) in [5.41, 5.74) is 2.67. The standard InChI is InChI=1S/C23H24FN5O3/c1-32-19-8-5-16(6-9-19)7-10-20-22(23(31)28-12-11-25-21(30)15-28)26-27-29(20)14-17-3-2-4-18(24)13-17/h2-6,8-9,13H,7,10-12,14-15H2,1H3,(H,25,30). The van der Waals surface area contributed by atoms with Gasteiger partial charge in [-0.05, 0) is 48.2 Å². The fourth-order valence-corrected chi connectivity index (χ4v) is 3.70. The molecule has 1 fully saturated rings. The highest BCUT2D eigenvalue weighted by atomic mass is 19.1. The van der Waals surface area contributed by atoms with E-state index in [1.54, 1.807) is 23.9 Å². The normalized spacial score (nSPS) is 13.7. The molecule has 1 aromatic heterocycles. The fraction of sp³-hybridized carbons (Fsp3) is 0.304. The summed E-state index contributed by atoms with van der Waals surface area (Å²) in [5.74, 6) is -0.0876. The minimum absolute atomic E-state index is 0.00644. The number of rotatable bonds is 7. The number of nitrogens with zero attached hydrogens (tertiary/aromatic N) is 4. The lowest BCUT2D eigenvalue weighted by Crippen LogP contribution is -2.50. The molecule has 0 atom stereocenters. The van der Waals surface area contributed by atoms with Gasteiger partial charge in [-0.2, -0.15) is 0 Å². The monoisotopic (exact) mass is 437 g/mol. The van der Waals surface area contributed by atoms with E-state index >= 15 is 0 Å². The zero-order valence-electron chi connectivity index (χ0n) is 17.8. The average Bonchev–Trinajstić information content (AvgIpc) is 3.19. The van der Waals surface area contributed by atoms with E-state index in [0.717, 1.165) is 16.9 Å². The Hall–Kier alpha value is -3.75. The number of aryl methyl sites for hydroxylation is 1. The molecule has 8 nitrogen and oxygen atoms in total. The largest absolute Gasteiger partial charge is 0.497 e. The van der Waals surface area contributed by atoms with Crippen molar-refractivity contribution in [2.24, 2.45) is 0 Å². The first kappa shape index (κ1) is 21.5. The van der Waals surface area contributed by atoms with Crippen LogP contribution in [0.3, 0.4) is 0 Å². The third-order valence-electron chi connectivity index (χ3n) is 5.40. The zero-order chi connectivity index (χ0) is 22.5. The molecule has 1 aliphatic heterocycles. The summed E-state index contributed by atoms with van der Waals surface area (Å²) in [7, 11) is 1.62. The minimum Gasteiger partial charge on any atom is -0.497 e. The van der Waals surface area contributed by atoms with Crippen LogP contribution in [0.4, 0.5) is 4.39 Å². The van der Waals surface area contributed by atoms with Gasteiger partial charge in [0, 0.05) is 13.1 Å². The summed E-state index contributed by atoms with van der Waals surface area (Å²) in [5, 5.41) is 11.1. The molecule has 0 spiro atoms. The molecule has 1 N–H and O–H groups in total. The van der Waals surface area contributed by atoms with Gasteiger partial charge >= 0.3 is 0 Å². The Labute approximate surface area is 185 Å². The quantitative estimate of drug-likeness (QED) is 0.609. The Bertz CT molecular complexity index is 1110. The maximum atomic E-state index is 13.7. The van der Waals surface area contributed by atoms with Gasteiger partial charge in [0.25, 0.3) is 5.91 Å². The number of carbonyl (C=O) groups excluding carboxylic acids is 2. The van der Waals surface area contributed by atoms with Crippen LogP contribution in [0.1, 0.15) is 27.3 Å². The first-order valence-corrected chi connectivity index (χ1v) is 10.4. The van der Waals surface area contributed by atoms with Crippen LogP contribution in [0, 0.1) is 5.82 Å². The van der Waals surface area contributed by atoms with Crippen molar-refractivity contribution in [1.29, 1.82) is 0 Å². The Kier molecular flexibility index (Phi) is 6.44. The van der Waals surface area contributed by atoms with Crippen LogP contribution in [0.25, 0.3) is 0 Å². The van der Waals surface area contributed by atoms with Crippen LogP contribution >= 0.6 is 0 Å². The number of methoxy groups -OCH3 is 1. The Balaban J connectivity index is 1.60. The first-order chi connectivity index (χ1) is 15.5. The Morgan fingerprint density at radius 2 is 1.97 bits per heavy atom. The third-order valence-corrected chi connectivity index (χ3v) is 5.40. The lowest BCUT2D eigenvalue weighted by atomic mass is 10.1. The van der Waals surface area contributed by atoms with Gasteiger partial charge in [0.2, 0.25) is 5.91 Å². The number of amides is 2. The molecular weight excluding hydrogens is 413 g/mol. The molecule has 32 heavy (non-hydrogen) atoms. The van der Waals surface area contributed by atoms with Gasteiger partial charge < -0.3 is 15.0 Å². The van der Waals surface area contributed by atoms with Crippen molar-refractivity contribution in [1.82, 2.24) is 25.2 Å². The van der Waals surface area contributed by atoms with Crippen LogP contribution in [0.5, 0.6) is 5.75 Å². The molecule has 2 heterocycles. The van der Waals surface area contributed by atoms with Crippen molar-refractivity contribution in [3.63, 3.8) is 0 Å². The summed E-state index contributed by atoms with van der Waals surface area (Å²) in [6.07, 6.45) is 1.16. The second kappa shape index (κ2) is 9.59. The minimum atomic E-state index is -0.335. The van der Waals surface area contributed by atoms with Crippen LogP contribution in [-0.4, -0.2) is 58.5 Å². The second-order valence-corrected chi connectivity index (χ2v) is 7.60. The highest BCUT2D eigenvalue weighted by molar-refractivity contribution is 5.96. The van der Waals surface area contributed by atoms with Gasteiger partial charge in [-0.3, -0.25) is 9.59 Å². The van der Waals surface area contributed by atoms with Crippen molar-refractivity contribution in [3.05, 3.63) is 76.9 Å². The summed E-state index contributed by atoms with van der Waals surface area (Å²) in [4.78, 5) is 26.4. The molecule has 0 radical (unpaired) electrons. The van der Waals surface area contributed by atoms with E-state index in [4.69, 9.17) is 4.74 Å². The van der Waals surface area contributed by atoms with Crippen LogP contribution in [-0.2, 0) is 24.2 Å². The third kappa shape index (κ3) is 4.93. The average molecular weight is 437 g/mol. The first-order valence-electron chi connectivity index (χ1n) is 10.4. The van der Waals surface area contributed by atoms with E-state index in [9.17, 15) is 14.0 Å². The molecular formula is C23H24FN5O3. The number of halogens is 1. The molecule has 0 aliphatic carbocycles. The van der Waals surface area contributed by atoms with E-state index < -0.39 is 0 Å². The molecule has 0 unspecified atom stereocenters. The van der Waals surface area contributed by atoms with Crippen molar-refractivity contribution in [2.75, 3.05) is 26.7 Å². The Morgan fingerprint density at radius 3 is 2.69 bits per heavy atom. The van der Waals surface area contributed by atoms with Gasteiger partial charge in [-0.1, -0.05) is 29.5 Å². The predicted molar refractivity (Wildman–Crippen MR) is 115 cm³/mol. The summed E-state index contributed by atoms with van der Waals surface area (Å²) in [6.45, 7) is 1.10. The zero-order valence-corrected chi connectivity index (χ0v) is 17.8. The molecule has 0 saturated carbocycles. The van der Waals surface area contributed by atoms with Crippen molar-refractivity contribution in [2.45, 2.75) is 19.4 Å². The van der Waals surface area contributed by atoms with E-state index in [-0.39, 0.29) is 36.4 Å². The molecule has 2 aromatic carbocycles. The fourth-order valence-electron chi connectivity index (χ4n) is 3.70. The maximum Gasteiger partial charge on any atom is 0.276 e. The smallest absolute Gasteiger partial charge is 0.276 e. The van der Waals surface area contributed by atoms with Gasteiger partial charge in [0.15, 0.2) is 5.69 Å². The number of ether oxygens (including phenoxy) is 1. The van der Waals surface area contributed by atoms with Gasteiger partial charge in [-0.25, -0.2) is 9.07 Å². The van der Waals surface area contributed by atoms with Gasteiger partial charge in [0.05, 0.1) is 25.9 Å². The molecule has 4 rings (SSSR count). The summed E-state index contributed by atoms with van der Waals surface area (Å²) >= 11 is 0. The SMILES string of the molecule is COc1ccc(CCc2c(C(=O)N3CCNC(=O)C3)nnn2Cc2cccc(F)c2)cc1. The number of hydrogen-bond donors (Lipinski definition) is 1. The highest BCUT2D eigenvalue weighted by Gasteiger charge is 2.28. The maximum absolute atomic E-state index is 13.7. The molecule has 1 aliphatic rings. The van der Waals surface area contributed by atoms with Gasteiger partial charge in [-0.15, -0.1) is 5.10 Å². The number of benzene rings is 2. The van der Waals surface area contributed by atoms with Crippen LogP contribution < -0.4 is 10.1 Å². The van der Waals surface area contributed by atoms with E-state index in [1.807, 2.05) is 24.3 Å². The van der Waals surface area contributed by atoms with Crippen LogP contribution in [0.2, 0.25) is 0 Å². The number of nitrogens with one attached hydrogen (secondary N) is 1. The highest BCUT2D eigenvalue weighted by Crippen LogP contribution is 2.17. The lowest BCUT2D eigenvalue weighted by Gasteiger charge is -2.26. The molecule has 3 aromatic rings. The topological polar surface area (TPSA) is 89.3 Å². The predicted octanol–water partition coefficient (Wildman–Crippen LogP) is 1.83. The summed E-state index contributed by atoms with van der Waals surface area (Å²) in [6, 6.07) is 14.0. The number of carbonyl (C=O) groups is 2. The number of piperazine rings is 1. The van der Waals surface area contributed by atoms with Crippen molar-refractivity contribution < 1.29 is 18.7 Å². The van der Waals surface area contributed by atoms with E-state index in [2.05, 4.69) is 15.6 Å². The second-order valence-electron chi connectivity index (χ2n) is 7.60. The summed E-state index contributed by atoms with van der Waals surface area (Å²) < 4.78 is 20.5. The van der Waals surface area contributed by atoms with Gasteiger partial charge in [0.1, 0.15) is 11.6 Å². The lowest BCUT2D eigenvalue weighted by molar-refractivity contribution is -0.123. The van der Waals surface area contributed by atoms with Crippen LogP contribution in [0.15, 0.2) is 48.5 Å². The molecule has 2 amide bonds.